The van der Waals surface area contributed by atoms with Gasteiger partial charge in [0.1, 0.15) is 17.8 Å². The molecule has 9 heteroatoms. The van der Waals surface area contributed by atoms with Crippen molar-refractivity contribution in [2.45, 2.75) is 0 Å². The molecule has 0 aliphatic carbocycles. The summed E-state index contributed by atoms with van der Waals surface area (Å²) in [6, 6.07) is 6.41. The molecule has 0 aliphatic heterocycles. The van der Waals surface area contributed by atoms with Crippen LogP contribution >= 0.6 is 45.2 Å². The molecule has 1 aromatic heterocycles. The Hall–Kier alpha value is -1.50. The number of halogens is 2. The summed E-state index contributed by atoms with van der Waals surface area (Å²) in [6.45, 7) is 0. The molecule has 0 saturated carbocycles. The predicted molar refractivity (Wildman–Crippen MR) is 95.6 cm³/mol. The van der Waals surface area contributed by atoms with Gasteiger partial charge < -0.3 is 5.11 Å². The molecule has 1 aromatic carbocycles. The number of pyridine rings is 1. The minimum atomic E-state index is -0.522. The van der Waals surface area contributed by atoms with Crippen LogP contribution < -0.4 is 5.43 Å². The maximum Gasteiger partial charge on any atom is 0.287 e. The fourth-order valence-corrected chi connectivity index (χ4v) is 3.30. The zero-order valence-corrected chi connectivity index (χ0v) is 14.6. The highest BCUT2D eigenvalue weighted by Crippen LogP contribution is 2.25. The summed E-state index contributed by atoms with van der Waals surface area (Å²) in [6.07, 6.45) is 2.60. The first kappa shape index (κ1) is 15.9. The lowest BCUT2D eigenvalue weighted by Crippen LogP contribution is -1.96. The third kappa shape index (κ3) is 4.23. The standard InChI is InChI=1S/C12H8I2N4O3/c13-8-3-7(12(19)10(14)4-8)5-16-17-11-2-1-9(6-15-11)18(20)21/h1-6,19H,(H,15,17)/b16-5+. The van der Waals surface area contributed by atoms with E-state index in [2.05, 4.69) is 38.1 Å². The van der Waals surface area contributed by atoms with Crippen molar-refractivity contribution in [3.63, 3.8) is 0 Å². The second kappa shape index (κ2) is 6.98. The molecule has 7 nitrogen and oxygen atoms in total. The van der Waals surface area contributed by atoms with Crippen LogP contribution in [-0.4, -0.2) is 21.2 Å². The first-order valence-corrected chi connectivity index (χ1v) is 7.70. The highest BCUT2D eigenvalue weighted by molar-refractivity contribution is 14.1. The lowest BCUT2D eigenvalue weighted by atomic mass is 10.2. The van der Waals surface area contributed by atoms with E-state index >= 15 is 0 Å². The minimum Gasteiger partial charge on any atom is -0.506 e. The van der Waals surface area contributed by atoms with Crippen molar-refractivity contribution < 1.29 is 10.0 Å². The summed E-state index contributed by atoms with van der Waals surface area (Å²) < 4.78 is 1.71. The third-order valence-electron chi connectivity index (χ3n) is 2.40. The van der Waals surface area contributed by atoms with Crippen molar-refractivity contribution in [1.29, 1.82) is 0 Å². The van der Waals surface area contributed by atoms with Gasteiger partial charge in [0.05, 0.1) is 14.7 Å². The Morgan fingerprint density at radius 1 is 1.38 bits per heavy atom. The fraction of sp³-hybridized carbons (Fsp3) is 0. The molecule has 0 fully saturated rings. The average molecular weight is 510 g/mol. The van der Waals surface area contributed by atoms with Crippen LogP contribution in [-0.2, 0) is 0 Å². The van der Waals surface area contributed by atoms with Crippen LogP contribution in [0.3, 0.4) is 0 Å². The second-order valence-corrected chi connectivity index (χ2v) is 6.26. The molecular formula is C12H8I2N4O3. The monoisotopic (exact) mass is 510 g/mol. The van der Waals surface area contributed by atoms with Crippen molar-refractivity contribution >= 4 is 62.9 Å². The Morgan fingerprint density at radius 2 is 2.14 bits per heavy atom. The van der Waals surface area contributed by atoms with Crippen LogP contribution in [0, 0.1) is 17.3 Å². The second-order valence-electron chi connectivity index (χ2n) is 3.85. The maximum atomic E-state index is 10.5. The normalized spacial score (nSPS) is 10.8. The Labute approximate surface area is 146 Å². The van der Waals surface area contributed by atoms with Crippen molar-refractivity contribution in [2.75, 3.05) is 5.43 Å². The Bertz CT molecular complexity index is 704. The average Bonchev–Trinajstić information content (AvgIpc) is 2.44. The fourth-order valence-electron chi connectivity index (χ4n) is 1.41. The van der Waals surface area contributed by atoms with Gasteiger partial charge in [-0.25, -0.2) is 4.98 Å². The van der Waals surface area contributed by atoms with E-state index < -0.39 is 4.92 Å². The number of phenols is 1. The van der Waals surface area contributed by atoms with E-state index in [4.69, 9.17) is 0 Å². The SMILES string of the molecule is O=[N+]([O-])c1ccc(N/N=C/c2cc(I)cc(I)c2O)nc1. The summed E-state index contributed by atoms with van der Waals surface area (Å²) in [7, 11) is 0. The molecule has 0 amide bonds. The van der Waals surface area contributed by atoms with Gasteiger partial charge in [0.15, 0.2) is 0 Å². The van der Waals surface area contributed by atoms with E-state index in [1.807, 2.05) is 28.7 Å². The number of aromatic hydroxyl groups is 1. The predicted octanol–water partition coefficient (Wildman–Crippen LogP) is 3.35. The highest BCUT2D eigenvalue weighted by Gasteiger charge is 2.06. The summed E-state index contributed by atoms with van der Waals surface area (Å²) in [5.74, 6) is 0.523. The molecule has 2 aromatic rings. The summed E-state index contributed by atoms with van der Waals surface area (Å²) in [5, 5.41) is 24.4. The molecule has 1 heterocycles. The topological polar surface area (TPSA) is 101 Å². The largest absolute Gasteiger partial charge is 0.506 e. The van der Waals surface area contributed by atoms with E-state index in [1.54, 1.807) is 6.07 Å². The van der Waals surface area contributed by atoms with Crippen LogP contribution in [0.15, 0.2) is 35.6 Å². The van der Waals surface area contributed by atoms with E-state index in [1.165, 1.54) is 18.3 Å². The van der Waals surface area contributed by atoms with Crippen LogP contribution in [0.2, 0.25) is 0 Å². The van der Waals surface area contributed by atoms with Crippen molar-refractivity contribution in [2.24, 2.45) is 5.10 Å². The quantitative estimate of drug-likeness (QED) is 0.285. The van der Waals surface area contributed by atoms with Gasteiger partial charge in [-0.2, -0.15) is 5.10 Å². The van der Waals surface area contributed by atoms with E-state index in [0.29, 0.717) is 11.4 Å². The first-order valence-electron chi connectivity index (χ1n) is 5.55. The number of nitro groups is 1. The number of aromatic nitrogens is 1. The minimum absolute atomic E-state index is 0.0886. The van der Waals surface area contributed by atoms with Crippen molar-refractivity contribution in [3.8, 4) is 5.75 Å². The zero-order chi connectivity index (χ0) is 15.4. The van der Waals surface area contributed by atoms with Crippen LogP contribution in [0.1, 0.15) is 5.56 Å². The third-order valence-corrected chi connectivity index (χ3v) is 3.84. The summed E-state index contributed by atoms with van der Waals surface area (Å²) in [4.78, 5) is 13.8. The molecule has 0 atom stereocenters. The van der Waals surface area contributed by atoms with E-state index in [-0.39, 0.29) is 11.4 Å². The molecule has 2 rings (SSSR count). The highest BCUT2D eigenvalue weighted by atomic mass is 127. The lowest BCUT2D eigenvalue weighted by Gasteiger charge is -2.03. The van der Waals surface area contributed by atoms with E-state index in [0.717, 1.165) is 13.3 Å². The van der Waals surface area contributed by atoms with Crippen LogP contribution in [0.5, 0.6) is 5.75 Å². The number of anilines is 1. The molecule has 0 unspecified atom stereocenters. The van der Waals surface area contributed by atoms with Gasteiger partial charge >= 0.3 is 0 Å². The van der Waals surface area contributed by atoms with Gasteiger partial charge in [-0.1, -0.05) is 0 Å². The Balaban J connectivity index is 2.10. The van der Waals surface area contributed by atoms with Gasteiger partial charge in [0.25, 0.3) is 5.69 Å². The summed E-state index contributed by atoms with van der Waals surface area (Å²) >= 11 is 4.18. The zero-order valence-electron chi connectivity index (χ0n) is 10.3. The van der Waals surface area contributed by atoms with Crippen molar-refractivity contribution in [3.05, 3.63) is 53.3 Å². The van der Waals surface area contributed by atoms with Crippen LogP contribution in [0.25, 0.3) is 0 Å². The maximum absolute atomic E-state index is 10.5. The smallest absolute Gasteiger partial charge is 0.287 e. The molecular weight excluding hydrogens is 502 g/mol. The summed E-state index contributed by atoms with van der Waals surface area (Å²) in [5.41, 5.74) is 3.13. The van der Waals surface area contributed by atoms with Crippen LogP contribution in [0.4, 0.5) is 11.5 Å². The Morgan fingerprint density at radius 3 is 2.76 bits per heavy atom. The van der Waals surface area contributed by atoms with Gasteiger partial charge in [0.2, 0.25) is 0 Å². The van der Waals surface area contributed by atoms with Gasteiger partial charge in [-0.05, 0) is 63.4 Å². The number of benzene rings is 1. The molecule has 21 heavy (non-hydrogen) atoms. The molecule has 0 bridgehead atoms. The molecule has 0 spiro atoms. The lowest BCUT2D eigenvalue weighted by molar-refractivity contribution is -0.385. The number of nitrogens with zero attached hydrogens (tertiary/aromatic N) is 3. The molecule has 108 valence electrons. The number of hydrazone groups is 1. The molecule has 0 saturated heterocycles. The number of hydrogen-bond donors (Lipinski definition) is 2. The number of hydrogen-bond acceptors (Lipinski definition) is 6. The Kier molecular flexibility index (Phi) is 5.27. The molecule has 0 radical (unpaired) electrons. The van der Waals surface area contributed by atoms with Gasteiger partial charge in [-0.3, -0.25) is 15.5 Å². The number of nitrogens with one attached hydrogen (secondary N) is 1. The number of rotatable bonds is 4. The number of phenolic OH excluding ortho intramolecular Hbond substituents is 1. The van der Waals surface area contributed by atoms with Gasteiger partial charge in [0, 0.05) is 15.2 Å². The first-order chi connectivity index (χ1) is 9.97. The van der Waals surface area contributed by atoms with Crippen molar-refractivity contribution in [1.82, 2.24) is 4.98 Å². The molecule has 2 N–H and O–H groups in total. The molecule has 0 aliphatic rings. The van der Waals surface area contributed by atoms with E-state index in [9.17, 15) is 15.2 Å². The van der Waals surface area contributed by atoms with Gasteiger partial charge in [-0.15, -0.1) is 0 Å².